The molecule has 1 N–H and O–H groups in total. The van der Waals surface area contributed by atoms with Gasteiger partial charge in [-0.05, 0) is 68.5 Å². The zero-order chi connectivity index (χ0) is 28.0. The number of nitrogens with zero attached hydrogens (tertiary/aromatic N) is 3. The summed E-state index contributed by atoms with van der Waals surface area (Å²) in [6.07, 6.45) is 3.99. The van der Waals surface area contributed by atoms with Gasteiger partial charge < -0.3 is 15.0 Å². The van der Waals surface area contributed by atoms with E-state index in [0.717, 1.165) is 51.0 Å². The van der Waals surface area contributed by atoms with Gasteiger partial charge in [0, 0.05) is 26.7 Å². The molecule has 1 aliphatic carbocycles. The number of anilines is 1. The van der Waals surface area contributed by atoms with Gasteiger partial charge in [0.05, 0.1) is 12.8 Å². The van der Waals surface area contributed by atoms with E-state index in [-0.39, 0.29) is 18.5 Å². The molecule has 0 saturated heterocycles. The summed E-state index contributed by atoms with van der Waals surface area (Å²) < 4.78 is 34.3. The lowest BCUT2D eigenvalue weighted by Crippen LogP contribution is -2.53. The van der Waals surface area contributed by atoms with Gasteiger partial charge in [-0.2, -0.15) is 12.7 Å². The van der Waals surface area contributed by atoms with Crippen LogP contribution in [-0.2, 0) is 26.3 Å². The molecule has 2 aromatic rings. The molecule has 1 atom stereocenters. The van der Waals surface area contributed by atoms with E-state index in [0.29, 0.717) is 11.4 Å². The maximum atomic E-state index is 13.9. The van der Waals surface area contributed by atoms with Crippen molar-refractivity contribution in [2.24, 2.45) is 0 Å². The second-order valence-corrected chi connectivity index (χ2v) is 12.2. The molecule has 10 heteroatoms. The number of carbonyl (C=O) groups is 2. The van der Waals surface area contributed by atoms with E-state index in [1.165, 1.54) is 19.0 Å². The van der Waals surface area contributed by atoms with E-state index in [2.05, 4.69) is 5.32 Å². The third-order valence-electron chi connectivity index (χ3n) is 7.03. The Morgan fingerprint density at radius 3 is 2.26 bits per heavy atom. The Labute approximate surface area is 226 Å². The lowest BCUT2D eigenvalue weighted by atomic mass is 10.1. The molecule has 1 aliphatic rings. The minimum absolute atomic E-state index is 0.100. The molecule has 0 aromatic heterocycles. The number of nitrogens with one attached hydrogen (secondary N) is 1. The summed E-state index contributed by atoms with van der Waals surface area (Å²) in [6, 6.07) is 12.0. The zero-order valence-corrected chi connectivity index (χ0v) is 24.0. The number of rotatable bonds is 11. The predicted molar refractivity (Wildman–Crippen MR) is 149 cm³/mol. The molecule has 2 aromatic carbocycles. The number of ether oxygens (including phenoxy) is 1. The minimum Gasteiger partial charge on any atom is -0.497 e. The number of hydrogen-bond acceptors (Lipinski definition) is 5. The fourth-order valence-electron chi connectivity index (χ4n) is 4.59. The Kier molecular flexibility index (Phi) is 9.78. The third kappa shape index (κ3) is 7.05. The first-order chi connectivity index (χ1) is 17.9. The molecule has 0 spiro atoms. The number of benzene rings is 2. The van der Waals surface area contributed by atoms with E-state index in [1.54, 1.807) is 32.2 Å². The maximum absolute atomic E-state index is 13.9. The Morgan fingerprint density at radius 1 is 1.05 bits per heavy atom. The van der Waals surface area contributed by atoms with Crippen molar-refractivity contribution in [3.8, 4) is 5.75 Å². The molecular weight excluding hydrogens is 504 g/mol. The van der Waals surface area contributed by atoms with Crippen LogP contribution in [0.3, 0.4) is 0 Å². The zero-order valence-electron chi connectivity index (χ0n) is 23.2. The molecule has 0 radical (unpaired) electrons. The first kappa shape index (κ1) is 29.4. The minimum atomic E-state index is -4.00. The van der Waals surface area contributed by atoms with Gasteiger partial charge >= 0.3 is 10.2 Å². The van der Waals surface area contributed by atoms with Crippen LogP contribution in [0.15, 0.2) is 42.5 Å². The highest BCUT2D eigenvalue weighted by Crippen LogP contribution is 2.26. The van der Waals surface area contributed by atoms with Crippen molar-refractivity contribution < 1.29 is 22.7 Å². The number of carbonyl (C=O) groups excluding carboxylic acids is 2. The average Bonchev–Trinajstić information content (AvgIpc) is 3.40. The van der Waals surface area contributed by atoms with E-state index < -0.39 is 28.7 Å². The summed E-state index contributed by atoms with van der Waals surface area (Å²) >= 11 is 0. The van der Waals surface area contributed by atoms with Crippen LogP contribution in [0.25, 0.3) is 0 Å². The normalized spacial score (nSPS) is 14.8. The molecule has 1 fully saturated rings. The van der Waals surface area contributed by atoms with Crippen LogP contribution < -0.4 is 14.4 Å². The van der Waals surface area contributed by atoms with E-state index in [4.69, 9.17) is 4.74 Å². The fraction of sp³-hybridized carbons (Fsp3) is 0.500. The largest absolute Gasteiger partial charge is 0.497 e. The van der Waals surface area contributed by atoms with Gasteiger partial charge in [0.1, 0.15) is 18.3 Å². The van der Waals surface area contributed by atoms with Crippen molar-refractivity contribution >= 4 is 27.7 Å². The van der Waals surface area contributed by atoms with Crippen LogP contribution in [0.1, 0.15) is 49.3 Å². The summed E-state index contributed by atoms with van der Waals surface area (Å²) in [5, 5.41) is 3.08. The summed E-state index contributed by atoms with van der Waals surface area (Å²) in [7, 11) is 0.443. The molecule has 0 heterocycles. The van der Waals surface area contributed by atoms with Crippen LogP contribution in [0.4, 0.5) is 5.69 Å². The van der Waals surface area contributed by atoms with Gasteiger partial charge in [-0.15, -0.1) is 0 Å². The van der Waals surface area contributed by atoms with Crippen LogP contribution >= 0.6 is 0 Å². The molecule has 3 rings (SSSR count). The molecule has 9 nitrogen and oxygen atoms in total. The quantitative estimate of drug-likeness (QED) is 0.468. The smallest absolute Gasteiger partial charge is 0.304 e. The molecule has 208 valence electrons. The molecule has 38 heavy (non-hydrogen) atoms. The maximum Gasteiger partial charge on any atom is 0.304 e. The first-order valence-corrected chi connectivity index (χ1v) is 14.3. The highest BCUT2D eigenvalue weighted by Gasteiger charge is 2.34. The summed E-state index contributed by atoms with van der Waals surface area (Å²) in [5.41, 5.74) is 2.83. The van der Waals surface area contributed by atoms with E-state index in [1.807, 2.05) is 38.1 Å². The highest BCUT2D eigenvalue weighted by molar-refractivity contribution is 7.90. The topological polar surface area (TPSA) is 99.3 Å². The Morgan fingerprint density at radius 2 is 1.68 bits per heavy atom. The molecular formula is C28H40N4O5S. The fourth-order valence-corrected chi connectivity index (χ4v) is 5.71. The summed E-state index contributed by atoms with van der Waals surface area (Å²) in [4.78, 5) is 28.6. The Balaban J connectivity index is 1.96. The van der Waals surface area contributed by atoms with Gasteiger partial charge in [-0.25, -0.2) is 4.31 Å². The van der Waals surface area contributed by atoms with Crippen LogP contribution in [0, 0.1) is 13.8 Å². The van der Waals surface area contributed by atoms with Crippen molar-refractivity contribution in [2.45, 2.75) is 65.1 Å². The van der Waals surface area contributed by atoms with Gasteiger partial charge in [-0.3, -0.25) is 9.59 Å². The second-order valence-electron chi connectivity index (χ2n) is 10.1. The van der Waals surface area contributed by atoms with Gasteiger partial charge in [0.15, 0.2) is 0 Å². The monoisotopic (exact) mass is 544 g/mol. The van der Waals surface area contributed by atoms with Gasteiger partial charge in [0.25, 0.3) is 0 Å². The van der Waals surface area contributed by atoms with E-state index in [9.17, 15) is 18.0 Å². The van der Waals surface area contributed by atoms with E-state index >= 15 is 0 Å². The number of aryl methyl sites for hydroxylation is 2. The van der Waals surface area contributed by atoms with Crippen molar-refractivity contribution in [2.75, 3.05) is 32.1 Å². The number of methoxy groups -OCH3 is 1. The number of hydrogen-bond donors (Lipinski definition) is 1. The molecule has 0 aliphatic heterocycles. The van der Waals surface area contributed by atoms with Crippen molar-refractivity contribution in [1.82, 2.24) is 14.5 Å². The van der Waals surface area contributed by atoms with Crippen LogP contribution in [0.2, 0.25) is 0 Å². The van der Waals surface area contributed by atoms with Crippen LogP contribution in [0.5, 0.6) is 5.75 Å². The van der Waals surface area contributed by atoms with Crippen molar-refractivity contribution in [3.05, 3.63) is 59.2 Å². The Hall–Kier alpha value is -3.11. The third-order valence-corrected chi connectivity index (χ3v) is 8.84. The van der Waals surface area contributed by atoms with Crippen LogP contribution in [-0.4, -0.2) is 69.3 Å². The average molecular weight is 545 g/mol. The van der Waals surface area contributed by atoms with Crippen molar-refractivity contribution in [3.63, 3.8) is 0 Å². The molecule has 0 unspecified atom stereocenters. The van der Waals surface area contributed by atoms with Gasteiger partial charge in [-0.1, -0.05) is 37.1 Å². The molecule has 2 amide bonds. The summed E-state index contributed by atoms with van der Waals surface area (Å²) in [5.74, 6) is -0.0365. The number of amides is 2. The summed E-state index contributed by atoms with van der Waals surface area (Å²) in [6.45, 7) is 5.07. The van der Waals surface area contributed by atoms with Crippen molar-refractivity contribution in [1.29, 1.82) is 0 Å². The lowest BCUT2D eigenvalue weighted by Gasteiger charge is -2.33. The first-order valence-electron chi connectivity index (χ1n) is 12.9. The molecule has 1 saturated carbocycles. The predicted octanol–water partition coefficient (Wildman–Crippen LogP) is 3.40. The standard InChI is InChI=1S/C28H40N4O5S/c1-20-11-12-21(2)26(17-20)32(38(35,36)30(4)5)19-27(33)31(18-23-13-15-25(37-6)16-14-23)22(3)28(34)29-24-9-7-8-10-24/h11-17,22,24H,7-10,18-19H2,1-6H3,(H,29,34)/t22-/m1/s1. The second kappa shape index (κ2) is 12.6. The highest BCUT2D eigenvalue weighted by atomic mass is 32.2. The lowest BCUT2D eigenvalue weighted by molar-refractivity contribution is -0.139. The molecule has 0 bridgehead atoms. The SMILES string of the molecule is COc1ccc(CN(C(=O)CN(c2cc(C)ccc2C)S(=O)(=O)N(C)C)[C@H](C)C(=O)NC2CCCC2)cc1. The Bertz CT molecular complexity index is 1220. The van der Waals surface area contributed by atoms with Gasteiger partial charge in [0.2, 0.25) is 11.8 Å².